The van der Waals surface area contributed by atoms with Gasteiger partial charge in [0.2, 0.25) is 5.91 Å². The molecule has 1 fully saturated rings. The Morgan fingerprint density at radius 3 is 2.32 bits per heavy atom. The van der Waals surface area contributed by atoms with Crippen molar-refractivity contribution in [2.24, 2.45) is 20.0 Å². The fraction of sp³-hybridized carbons (Fsp3) is 0.480. The molecule has 1 aliphatic carbocycles. The molecule has 9 heteroatoms. The Labute approximate surface area is 200 Å². The summed E-state index contributed by atoms with van der Waals surface area (Å²) in [5, 5.41) is 14.5. The zero-order valence-corrected chi connectivity index (χ0v) is 20.3. The van der Waals surface area contributed by atoms with Gasteiger partial charge in [-0.15, -0.1) is 0 Å². The summed E-state index contributed by atoms with van der Waals surface area (Å²) in [5.74, 6) is 0.00707. The second-order valence-corrected chi connectivity index (χ2v) is 9.13. The number of hydrogen-bond acceptors (Lipinski definition) is 5. The number of pyridine rings is 1. The van der Waals surface area contributed by atoms with E-state index < -0.39 is 6.04 Å². The molecule has 180 valence electrons. The predicted molar refractivity (Wildman–Crippen MR) is 130 cm³/mol. The Kier molecular flexibility index (Phi) is 7.09. The van der Waals surface area contributed by atoms with Gasteiger partial charge in [0.25, 0.3) is 5.91 Å². The molecule has 0 bridgehead atoms. The molecule has 2 amide bonds. The molecule has 9 nitrogen and oxygen atoms in total. The van der Waals surface area contributed by atoms with Crippen LogP contribution in [0.5, 0.6) is 0 Å². The van der Waals surface area contributed by atoms with Gasteiger partial charge in [-0.25, -0.2) is 4.98 Å². The maximum atomic E-state index is 13.4. The molecule has 1 atom stereocenters. The third-order valence-corrected chi connectivity index (χ3v) is 6.81. The Morgan fingerprint density at radius 1 is 1.03 bits per heavy atom. The van der Waals surface area contributed by atoms with E-state index in [1.165, 1.54) is 4.68 Å². The molecule has 0 aliphatic heterocycles. The number of aromatic nitrogens is 5. The first-order chi connectivity index (χ1) is 16.3. The van der Waals surface area contributed by atoms with Gasteiger partial charge in [0.15, 0.2) is 0 Å². The third-order valence-electron chi connectivity index (χ3n) is 6.81. The van der Waals surface area contributed by atoms with Gasteiger partial charge in [-0.1, -0.05) is 25.7 Å². The normalized spacial score (nSPS) is 15.5. The van der Waals surface area contributed by atoms with Gasteiger partial charge in [-0.05, 0) is 50.8 Å². The van der Waals surface area contributed by atoms with Crippen LogP contribution in [0.25, 0.3) is 11.1 Å². The largest absolute Gasteiger partial charge is 0.339 e. The van der Waals surface area contributed by atoms with Gasteiger partial charge < -0.3 is 10.6 Å². The fourth-order valence-electron chi connectivity index (χ4n) is 4.86. The smallest absolute Gasteiger partial charge is 0.270 e. The van der Waals surface area contributed by atoms with Crippen molar-refractivity contribution >= 4 is 17.6 Å². The highest BCUT2D eigenvalue weighted by molar-refractivity contribution is 6.00. The second-order valence-electron chi connectivity index (χ2n) is 9.13. The molecule has 4 rings (SSSR count). The van der Waals surface area contributed by atoms with E-state index in [0.29, 0.717) is 11.5 Å². The van der Waals surface area contributed by atoms with E-state index in [4.69, 9.17) is 0 Å². The van der Waals surface area contributed by atoms with E-state index >= 15 is 0 Å². The van der Waals surface area contributed by atoms with Gasteiger partial charge in [0, 0.05) is 43.3 Å². The monoisotopic (exact) mass is 463 g/mol. The van der Waals surface area contributed by atoms with Gasteiger partial charge in [0.1, 0.15) is 17.6 Å². The van der Waals surface area contributed by atoms with Gasteiger partial charge in [0.05, 0.1) is 5.69 Å². The summed E-state index contributed by atoms with van der Waals surface area (Å²) in [5.41, 5.74) is 4.42. The number of anilines is 1. The Bertz CT molecular complexity index is 1150. The van der Waals surface area contributed by atoms with Crippen molar-refractivity contribution in [3.63, 3.8) is 0 Å². The van der Waals surface area contributed by atoms with Gasteiger partial charge in [-0.3, -0.25) is 19.0 Å². The molecule has 1 saturated carbocycles. The highest BCUT2D eigenvalue weighted by Crippen LogP contribution is 2.28. The van der Waals surface area contributed by atoms with E-state index in [9.17, 15) is 9.59 Å². The fourth-order valence-corrected chi connectivity index (χ4v) is 4.86. The lowest BCUT2D eigenvalue weighted by Crippen LogP contribution is -2.49. The molecule has 3 aromatic rings. The molecule has 0 radical (unpaired) electrons. The molecule has 1 unspecified atom stereocenters. The quantitative estimate of drug-likeness (QED) is 0.544. The van der Waals surface area contributed by atoms with Crippen molar-refractivity contribution in [3.8, 4) is 11.1 Å². The van der Waals surface area contributed by atoms with E-state index in [0.717, 1.165) is 61.0 Å². The Balaban J connectivity index is 1.52. The number of rotatable bonds is 6. The topological polar surface area (TPSA) is 107 Å². The molecule has 2 N–H and O–H groups in total. The first-order valence-corrected chi connectivity index (χ1v) is 11.9. The summed E-state index contributed by atoms with van der Waals surface area (Å²) >= 11 is 0. The maximum absolute atomic E-state index is 13.4. The summed E-state index contributed by atoms with van der Waals surface area (Å²) in [6.45, 7) is 3.99. The minimum absolute atomic E-state index is 0.0830. The van der Waals surface area contributed by atoms with Crippen LogP contribution in [0.1, 0.15) is 60.4 Å². The Morgan fingerprint density at radius 2 is 1.76 bits per heavy atom. The number of hydrogen-bond donors (Lipinski definition) is 2. The standard InChI is InChI=1S/C25H33N7O2/c1-16-22(17(2)31(3)30-16)19-11-12-21(26-15-19)28-25(34)23(18-9-7-5-6-8-10-18)29-24(33)20-13-14-27-32(20)4/h11-15,18,23H,5-10H2,1-4H3,(H,29,33)(H,26,28,34). The minimum atomic E-state index is -0.634. The molecule has 0 aromatic carbocycles. The van der Waals surface area contributed by atoms with Crippen molar-refractivity contribution in [1.29, 1.82) is 0 Å². The number of nitrogens with one attached hydrogen (secondary N) is 2. The van der Waals surface area contributed by atoms with Crippen LogP contribution in [-0.4, -0.2) is 42.4 Å². The van der Waals surface area contributed by atoms with Gasteiger partial charge >= 0.3 is 0 Å². The minimum Gasteiger partial charge on any atom is -0.339 e. The van der Waals surface area contributed by atoms with Crippen molar-refractivity contribution in [2.45, 2.75) is 58.4 Å². The van der Waals surface area contributed by atoms with E-state index in [2.05, 4.69) is 25.8 Å². The zero-order valence-electron chi connectivity index (χ0n) is 20.3. The lowest BCUT2D eigenvalue weighted by molar-refractivity contribution is -0.119. The van der Waals surface area contributed by atoms with Crippen LogP contribution in [0.15, 0.2) is 30.6 Å². The molecule has 34 heavy (non-hydrogen) atoms. The average Bonchev–Trinajstić information content (AvgIpc) is 3.21. The van der Waals surface area contributed by atoms with Crippen LogP contribution in [-0.2, 0) is 18.9 Å². The summed E-state index contributed by atoms with van der Waals surface area (Å²) in [6, 6.07) is 4.76. The highest BCUT2D eigenvalue weighted by Gasteiger charge is 2.31. The first-order valence-electron chi connectivity index (χ1n) is 11.9. The predicted octanol–water partition coefficient (Wildman–Crippen LogP) is 3.54. The third kappa shape index (κ3) is 5.03. The Hall–Kier alpha value is -3.49. The maximum Gasteiger partial charge on any atom is 0.270 e. The van der Waals surface area contributed by atoms with Crippen molar-refractivity contribution in [2.75, 3.05) is 5.32 Å². The number of nitrogens with zero attached hydrogens (tertiary/aromatic N) is 5. The highest BCUT2D eigenvalue weighted by atomic mass is 16.2. The van der Waals surface area contributed by atoms with Crippen LogP contribution in [0.3, 0.4) is 0 Å². The van der Waals surface area contributed by atoms with Crippen molar-refractivity contribution in [3.05, 3.63) is 47.7 Å². The van der Waals surface area contributed by atoms with Crippen molar-refractivity contribution < 1.29 is 9.59 Å². The van der Waals surface area contributed by atoms with Crippen molar-refractivity contribution in [1.82, 2.24) is 29.9 Å². The summed E-state index contributed by atoms with van der Waals surface area (Å²) in [7, 11) is 3.63. The van der Waals surface area contributed by atoms with E-state index in [1.807, 2.05) is 31.6 Å². The lowest BCUT2D eigenvalue weighted by Gasteiger charge is -2.26. The summed E-state index contributed by atoms with van der Waals surface area (Å²) in [6.07, 6.45) is 9.60. The second kappa shape index (κ2) is 10.2. The average molecular weight is 464 g/mol. The SMILES string of the molecule is Cc1nn(C)c(C)c1-c1ccc(NC(=O)C(NC(=O)c2ccnn2C)C2CCCCCC2)nc1. The number of aryl methyl sites for hydroxylation is 3. The molecular formula is C25H33N7O2. The van der Waals surface area contributed by atoms with E-state index in [-0.39, 0.29) is 17.7 Å². The molecule has 3 aromatic heterocycles. The summed E-state index contributed by atoms with van der Waals surface area (Å²) in [4.78, 5) is 30.8. The summed E-state index contributed by atoms with van der Waals surface area (Å²) < 4.78 is 3.36. The van der Waals surface area contributed by atoms with Crippen LogP contribution in [0.2, 0.25) is 0 Å². The molecule has 0 saturated heterocycles. The molecular weight excluding hydrogens is 430 g/mol. The van der Waals surface area contributed by atoms with Crippen LogP contribution < -0.4 is 10.6 Å². The van der Waals surface area contributed by atoms with Gasteiger partial charge in [-0.2, -0.15) is 10.2 Å². The number of carbonyl (C=O) groups is 2. The number of carbonyl (C=O) groups excluding carboxylic acids is 2. The first kappa shape index (κ1) is 23.7. The molecule has 0 spiro atoms. The van der Waals surface area contributed by atoms with E-state index in [1.54, 1.807) is 31.6 Å². The zero-order chi connectivity index (χ0) is 24.2. The van der Waals surface area contributed by atoms with Crippen LogP contribution in [0, 0.1) is 19.8 Å². The van der Waals surface area contributed by atoms with Crippen LogP contribution >= 0.6 is 0 Å². The lowest BCUT2D eigenvalue weighted by atomic mass is 9.91. The number of amides is 2. The molecule has 1 aliphatic rings. The molecule has 3 heterocycles. The van der Waals surface area contributed by atoms with Crippen LogP contribution in [0.4, 0.5) is 5.82 Å².